The van der Waals surface area contributed by atoms with Crippen molar-refractivity contribution in [3.63, 3.8) is 0 Å². The molecule has 0 heterocycles. The minimum Gasteiger partial charge on any atom is -0.478 e. The van der Waals surface area contributed by atoms with Gasteiger partial charge in [0.2, 0.25) is 0 Å². The summed E-state index contributed by atoms with van der Waals surface area (Å²) in [6, 6.07) is 15.2. The Morgan fingerprint density at radius 1 is 1.15 bits per heavy atom. The van der Waals surface area contributed by atoms with Crippen LogP contribution in [0.25, 0.3) is 0 Å². The summed E-state index contributed by atoms with van der Waals surface area (Å²) in [7, 11) is 0. The maximum absolute atomic E-state index is 11.4. The van der Waals surface area contributed by atoms with Crippen molar-refractivity contribution in [2.24, 2.45) is 0 Å². The molecule has 1 atom stereocenters. The van der Waals surface area contributed by atoms with E-state index >= 15 is 0 Å². The van der Waals surface area contributed by atoms with Gasteiger partial charge in [-0.05, 0) is 42.7 Å². The molecule has 0 unspecified atom stereocenters. The Kier molecular flexibility index (Phi) is 4.41. The van der Waals surface area contributed by atoms with Gasteiger partial charge >= 0.3 is 5.97 Å². The summed E-state index contributed by atoms with van der Waals surface area (Å²) in [5.41, 5.74) is 3.11. The van der Waals surface area contributed by atoms with Crippen LogP contribution in [0, 0.1) is 13.8 Å². The number of ether oxygens (including phenoxy) is 1. The average Bonchev–Trinajstić information content (AvgIpc) is 2.40. The van der Waals surface area contributed by atoms with Gasteiger partial charge in [-0.25, -0.2) is 4.79 Å². The summed E-state index contributed by atoms with van der Waals surface area (Å²) in [6.07, 6.45) is -0.520. The van der Waals surface area contributed by atoms with Gasteiger partial charge in [-0.2, -0.15) is 0 Å². The predicted molar refractivity (Wildman–Crippen MR) is 78.1 cm³/mol. The van der Waals surface area contributed by atoms with E-state index in [1.54, 1.807) is 6.07 Å². The molecule has 0 aliphatic carbocycles. The zero-order chi connectivity index (χ0) is 14.5. The number of carboxylic acid groups (broad SMARTS) is 1. The maximum atomic E-state index is 11.4. The van der Waals surface area contributed by atoms with Crippen molar-refractivity contribution < 1.29 is 14.6 Å². The molecule has 2 aromatic rings. The number of carbonyl (C=O) groups is 1. The van der Waals surface area contributed by atoms with Crippen molar-refractivity contribution in [3.05, 3.63) is 65.2 Å². The van der Waals surface area contributed by atoms with Gasteiger partial charge in [0.1, 0.15) is 5.75 Å². The number of hydrogen-bond donors (Lipinski definition) is 1. The molecule has 0 bridgehead atoms. The Morgan fingerprint density at radius 3 is 2.55 bits per heavy atom. The molecule has 104 valence electrons. The van der Waals surface area contributed by atoms with Crippen LogP contribution in [0.2, 0.25) is 0 Å². The molecule has 3 nitrogen and oxygen atoms in total. The van der Waals surface area contributed by atoms with Gasteiger partial charge in [-0.15, -0.1) is 0 Å². The molecule has 1 N–H and O–H groups in total. The fraction of sp³-hybridized carbons (Fsp3) is 0.235. The summed E-state index contributed by atoms with van der Waals surface area (Å²) < 4.78 is 5.62. The van der Waals surface area contributed by atoms with Crippen LogP contribution < -0.4 is 4.74 Å². The highest BCUT2D eigenvalue weighted by Crippen LogP contribution is 2.17. The zero-order valence-electron chi connectivity index (χ0n) is 11.7. The normalized spacial score (nSPS) is 11.9. The van der Waals surface area contributed by atoms with Gasteiger partial charge in [0.15, 0.2) is 6.10 Å². The second-order valence-corrected chi connectivity index (χ2v) is 4.89. The monoisotopic (exact) mass is 270 g/mol. The average molecular weight is 270 g/mol. The number of hydrogen-bond acceptors (Lipinski definition) is 2. The highest BCUT2D eigenvalue weighted by atomic mass is 16.5. The second kappa shape index (κ2) is 6.24. The highest BCUT2D eigenvalue weighted by Gasteiger charge is 2.20. The van der Waals surface area contributed by atoms with Crippen molar-refractivity contribution in [3.8, 4) is 5.75 Å². The first-order chi connectivity index (χ1) is 9.56. The molecular formula is C17H18O3. The number of carboxylic acids is 1. The van der Waals surface area contributed by atoms with E-state index in [0.29, 0.717) is 12.2 Å². The molecule has 2 aromatic carbocycles. The lowest BCUT2D eigenvalue weighted by atomic mass is 10.0. The smallest absolute Gasteiger partial charge is 0.345 e. The molecule has 0 radical (unpaired) electrons. The minimum absolute atomic E-state index is 0.357. The van der Waals surface area contributed by atoms with E-state index in [9.17, 15) is 9.90 Å². The molecule has 0 spiro atoms. The van der Waals surface area contributed by atoms with Crippen molar-refractivity contribution in [1.82, 2.24) is 0 Å². The van der Waals surface area contributed by atoms with Crippen molar-refractivity contribution in [2.75, 3.05) is 0 Å². The summed E-state index contributed by atoms with van der Waals surface area (Å²) in [4.78, 5) is 11.4. The lowest BCUT2D eigenvalue weighted by molar-refractivity contribution is -0.145. The van der Waals surface area contributed by atoms with Crippen molar-refractivity contribution in [1.29, 1.82) is 0 Å². The second-order valence-electron chi connectivity index (χ2n) is 4.89. The van der Waals surface area contributed by atoms with Crippen LogP contribution in [-0.2, 0) is 11.2 Å². The van der Waals surface area contributed by atoms with Crippen LogP contribution in [0.4, 0.5) is 0 Å². The highest BCUT2D eigenvalue weighted by molar-refractivity contribution is 5.73. The third kappa shape index (κ3) is 3.60. The maximum Gasteiger partial charge on any atom is 0.345 e. The van der Waals surface area contributed by atoms with Gasteiger partial charge < -0.3 is 9.84 Å². The zero-order valence-corrected chi connectivity index (χ0v) is 11.7. The number of aliphatic carboxylic acids is 1. The number of rotatable bonds is 5. The Morgan fingerprint density at radius 2 is 1.90 bits per heavy atom. The summed E-state index contributed by atoms with van der Waals surface area (Å²) in [5.74, 6) is -0.360. The summed E-state index contributed by atoms with van der Waals surface area (Å²) in [5, 5.41) is 9.33. The van der Waals surface area contributed by atoms with Gasteiger partial charge in [-0.3, -0.25) is 0 Å². The summed E-state index contributed by atoms with van der Waals surface area (Å²) in [6.45, 7) is 3.92. The molecule has 2 rings (SSSR count). The van der Waals surface area contributed by atoms with Crippen LogP contribution in [-0.4, -0.2) is 17.2 Å². The van der Waals surface area contributed by atoms with Crippen molar-refractivity contribution in [2.45, 2.75) is 26.4 Å². The van der Waals surface area contributed by atoms with Gasteiger partial charge in [0, 0.05) is 6.42 Å². The van der Waals surface area contributed by atoms with Crippen LogP contribution in [0.3, 0.4) is 0 Å². The third-order valence-electron chi connectivity index (χ3n) is 3.21. The SMILES string of the molecule is Cc1cccc(O[C@H](Cc2ccccc2C)C(=O)O)c1. The lowest BCUT2D eigenvalue weighted by Gasteiger charge is -2.16. The fourth-order valence-electron chi connectivity index (χ4n) is 2.07. The Hall–Kier alpha value is -2.29. The van der Waals surface area contributed by atoms with E-state index < -0.39 is 12.1 Å². The van der Waals surface area contributed by atoms with Gasteiger partial charge in [0.25, 0.3) is 0 Å². The molecule has 0 saturated heterocycles. The minimum atomic E-state index is -0.949. The van der Waals surface area contributed by atoms with Crippen LogP contribution in [0.1, 0.15) is 16.7 Å². The molecule has 0 fully saturated rings. The molecule has 0 aliphatic rings. The first-order valence-corrected chi connectivity index (χ1v) is 6.57. The number of benzene rings is 2. The third-order valence-corrected chi connectivity index (χ3v) is 3.21. The molecule has 0 aliphatic heterocycles. The van der Waals surface area contributed by atoms with Crippen LogP contribution >= 0.6 is 0 Å². The first kappa shape index (κ1) is 14.1. The standard InChI is InChI=1S/C17H18O3/c1-12-6-5-9-15(10-12)20-16(17(18)19)11-14-8-4-3-7-13(14)2/h3-10,16H,11H2,1-2H3,(H,18,19)/t16-/m1/s1. The molecule has 20 heavy (non-hydrogen) atoms. The number of aryl methyl sites for hydroxylation is 2. The van der Waals surface area contributed by atoms with Gasteiger partial charge in [-0.1, -0.05) is 36.4 Å². The summed E-state index contributed by atoms with van der Waals surface area (Å²) >= 11 is 0. The molecule has 0 aromatic heterocycles. The van der Waals surface area contributed by atoms with Crippen LogP contribution in [0.5, 0.6) is 5.75 Å². The van der Waals surface area contributed by atoms with E-state index in [0.717, 1.165) is 16.7 Å². The largest absolute Gasteiger partial charge is 0.478 e. The van der Waals surface area contributed by atoms with Gasteiger partial charge in [0.05, 0.1) is 0 Å². The van der Waals surface area contributed by atoms with E-state index in [1.807, 2.05) is 56.3 Å². The van der Waals surface area contributed by atoms with Crippen molar-refractivity contribution >= 4 is 5.97 Å². The lowest BCUT2D eigenvalue weighted by Crippen LogP contribution is -2.29. The predicted octanol–water partition coefficient (Wildman–Crippen LogP) is 3.38. The Bertz CT molecular complexity index is 605. The molecule has 0 saturated carbocycles. The fourth-order valence-corrected chi connectivity index (χ4v) is 2.07. The van der Waals surface area contributed by atoms with Crippen LogP contribution in [0.15, 0.2) is 48.5 Å². The molecular weight excluding hydrogens is 252 g/mol. The Balaban J connectivity index is 2.16. The van der Waals surface area contributed by atoms with E-state index in [4.69, 9.17) is 4.74 Å². The molecule has 3 heteroatoms. The van der Waals surface area contributed by atoms with E-state index in [-0.39, 0.29) is 0 Å². The Labute approximate surface area is 118 Å². The molecule has 0 amide bonds. The van der Waals surface area contributed by atoms with E-state index in [2.05, 4.69) is 0 Å². The first-order valence-electron chi connectivity index (χ1n) is 6.57. The quantitative estimate of drug-likeness (QED) is 0.906. The topological polar surface area (TPSA) is 46.5 Å². The van der Waals surface area contributed by atoms with E-state index in [1.165, 1.54) is 0 Å².